The van der Waals surface area contributed by atoms with Crippen LogP contribution >= 0.6 is 11.3 Å². The topological polar surface area (TPSA) is 50.7 Å². The lowest BCUT2D eigenvalue weighted by Crippen LogP contribution is -2.13. The minimum absolute atomic E-state index is 0.0949. The third-order valence-corrected chi connectivity index (χ3v) is 3.81. The molecule has 0 aromatic carbocycles. The Morgan fingerprint density at radius 2 is 1.95 bits per heavy atom. The molecule has 0 aliphatic rings. The van der Waals surface area contributed by atoms with Crippen LogP contribution in [0.25, 0.3) is 0 Å². The summed E-state index contributed by atoms with van der Waals surface area (Å²) in [5.41, 5.74) is 2.14. The number of rotatable bonds is 3. The van der Waals surface area contributed by atoms with Gasteiger partial charge in [0.25, 0.3) is 0 Å². The maximum Gasteiger partial charge on any atom is 0.145 e. The highest BCUT2D eigenvalue weighted by Crippen LogP contribution is 2.27. The summed E-state index contributed by atoms with van der Waals surface area (Å²) in [6.45, 7) is 10.6. The van der Waals surface area contributed by atoms with Gasteiger partial charge in [0.05, 0.1) is 23.6 Å². The first-order chi connectivity index (χ1) is 8.86. The van der Waals surface area contributed by atoms with Gasteiger partial charge in [0.15, 0.2) is 0 Å². The summed E-state index contributed by atoms with van der Waals surface area (Å²) < 4.78 is 0. The molecule has 2 heterocycles. The second-order valence-corrected chi connectivity index (χ2v) is 6.62. The van der Waals surface area contributed by atoms with Crippen molar-refractivity contribution in [2.24, 2.45) is 0 Å². The molecular weight excluding hydrogens is 256 g/mol. The number of aromatic nitrogens is 3. The number of anilines is 1. The molecule has 0 bridgehead atoms. The van der Waals surface area contributed by atoms with E-state index in [-0.39, 0.29) is 11.5 Å². The van der Waals surface area contributed by atoms with Gasteiger partial charge in [-0.25, -0.2) is 9.97 Å². The Kier molecular flexibility index (Phi) is 3.85. The molecular formula is C14H20N4S. The molecule has 2 rings (SSSR count). The van der Waals surface area contributed by atoms with Crippen molar-refractivity contribution in [2.75, 3.05) is 5.32 Å². The van der Waals surface area contributed by atoms with E-state index >= 15 is 0 Å². The van der Waals surface area contributed by atoms with Crippen molar-refractivity contribution < 1.29 is 0 Å². The van der Waals surface area contributed by atoms with Crippen molar-refractivity contribution >= 4 is 17.2 Å². The first kappa shape index (κ1) is 13.9. The van der Waals surface area contributed by atoms with Gasteiger partial charge in [-0.3, -0.25) is 4.98 Å². The van der Waals surface area contributed by atoms with Crippen LogP contribution in [0, 0.1) is 6.92 Å². The second-order valence-electron chi connectivity index (χ2n) is 5.73. The molecule has 19 heavy (non-hydrogen) atoms. The summed E-state index contributed by atoms with van der Waals surface area (Å²) in [5.74, 6) is 0.792. The van der Waals surface area contributed by atoms with E-state index in [1.165, 1.54) is 0 Å². The summed E-state index contributed by atoms with van der Waals surface area (Å²) in [6, 6.07) is 0.136. The van der Waals surface area contributed by atoms with Crippen molar-refractivity contribution in [3.63, 3.8) is 0 Å². The monoisotopic (exact) mass is 276 g/mol. The van der Waals surface area contributed by atoms with E-state index in [9.17, 15) is 0 Å². The maximum absolute atomic E-state index is 4.71. The molecule has 0 radical (unpaired) electrons. The van der Waals surface area contributed by atoms with E-state index in [2.05, 4.69) is 48.4 Å². The number of hydrogen-bond acceptors (Lipinski definition) is 5. The van der Waals surface area contributed by atoms with Gasteiger partial charge in [-0.1, -0.05) is 20.8 Å². The zero-order valence-electron chi connectivity index (χ0n) is 12.1. The number of hydrogen-bond donors (Lipinski definition) is 1. The van der Waals surface area contributed by atoms with Gasteiger partial charge < -0.3 is 5.32 Å². The molecule has 5 heteroatoms. The van der Waals surface area contributed by atoms with Crippen LogP contribution in [0.2, 0.25) is 0 Å². The molecule has 0 fully saturated rings. The molecule has 4 nitrogen and oxygen atoms in total. The molecule has 2 aromatic rings. The van der Waals surface area contributed by atoms with Crippen LogP contribution in [0.5, 0.6) is 0 Å². The Hall–Kier alpha value is -1.49. The first-order valence-corrected chi connectivity index (χ1v) is 7.25. The quantitative estimate of drug-likeness (QED) is 0.928. The molecule has 1 N–H and O–H groups in total. The average molecular weight is 276 g/mol. The van der Waals surface area contributed by atoms with Gasteiger partial charge in [-0.05, 0) is 13.8 Å². The van der Waals surface area contributed by atoms with Crippen LogP contribution in [0.15, 0.2) is 17.8 Å². The Labute approximate surface area is 118 Å². The number of nitrogens with one attached hydrogen (secondary N) is 1. The molecule has 0 amide bonds. The van der Waals surface area contributed by atoms with Crippen LogP contribution in [-0.4, -0.2) is 15.0 Å². The highest BCUT2D eigenvalue weighted by Gasteiger charge is 2.19. The Balaban J connectivity index is 2.12. The normalized spacial score (nSPS) is 13.3. The van der Waals surface area contributed by atoms with E-state index in [0.29, 0.717) is 0 Å². The third-order valence-electron chi connectivity index (χ3n) is 2.78. The first-order valence-electron chi connectivity index (χ1n) is 6.37. The second kappa shape index (κ2) is 5.25. The maximum atomic E-state index is 4.71. The van der Waals surface area contributed by atoms with Gasteiger partial charge >= 0.3 is 0 Å². The summed E-state index contributed by atoms with van der Waals surface area (Å²) >= 11 is 1.69. The van der Waals surface area contributed by atoms with Crippen molar-refractivity contribution in [1.29, 1.82) is 0 Å². The highest BCUT2D eigenvalue weighted by atomic mass is 32.1. The van der Waals surface area contributed by atoms with Gasteiger partial charge in [0.2, 0.25) is 0 Å². The van der Waals surface area contributed by atoms with Crippen molar-refractivity contribution in [3.8, 4) is 0 Å². The fraction of sp³-hybridized carbons (Fsp3) is 0.500. The highest BCUT2D eigenvalue weighted by molar-refractivity contribution is 7.09. The van der Waals surface area contributed by atoms with Crippen LogP contribution < -0.4 is 5.32 Å². The molecule has 0 aliphatic carbocycles. The van der Waals surface area contributed by atoms with Crippen molar-refractivity contribution in [1.82, 2.24) is 15.0 Å². The number of thiazole rings is 1. The van der Waals surface area contributed by atoms with Crippen molar-refractivity contribution in [3.05, 3.63) is 34.2 Å². The summed E-state index contributed by atoms with van der Waals surface area (Å²) in [6.07, 6.45) is 3.48. The molecule has 1 atom stereocenters. The fourth-order valence-electron chi connectivity index (χ4n) is 1.65. The van der Waals surface area contributed by atoms with Crippen LogP contribution in [-0.2, 0) is 5.41 Å². The van der Waals surface area contributed by atoms with E-state index in [0.717, 1.165) is 22.2 Å². The SMILES string of the molecule is Cc1cncc(NC(C)c2nc(C(C)(C)C)cs2)n1. The molecule has 2 aromatic heterocycles. The molecule has 0 saturated carbocycles. The van der Waals surface area contributed by atoms with Gasteiger partial charge in [0.1, 0.15) is 10.8 Å². The van der Waals surface area contributed by atoms with Crippen molar-refractivity contribution in [2.45, 2.75) is 46.1 Å². The predicted molar refractivity (Wildman–Crippen MR) is 79.6 cm³/mol. The zero-order valence-corrected chi connectivity index (χ0v) is 12.9. The molecule has 102 valence electrons. The van der Waals surface area contributed by atoms with E-state index in [4.69, 9.17) is 4.98 Å². The molecule has 0 spiro atoms. The average Bonchev–Trinajstić information content (AvgIpc) is 2.77. The minimum Gasteiger partial charge on any atom is -0.360 e. The minimum atomic E-state index is 0.0949. The fourth-order valence-corrected chi connectivity index (χ4v) is 2.70. The largest absolute Gasteiger partial charge is 0.360 e. The van der Waals surface area contributed by atoms with Crippen LogP contribution in [0.3, 0.4) is 0 Å². The van der Waals surface area contributed by atoms with Gasteiger partial charge in [-0.2, -0.15) is 0 Å². The van der Waals surface area contributed by atoms with Crippen LogP contribution in [0.4, 0.5) is 5.82 Å². The molecule has 1 unspecified atom stereocenters. The number of aryl methyl sites for hydroxylation is 1. The lowest BCUT2D eigenvalue weighted by molar-refractivity contribution is 0.569. The third kappa shape index (κ3) is 3.50. The lowest BCUT2D eigenvalue weighted by atomic mass is 9.93. The van der Waals surface area contributed by atoms with E-state index in [1.54, 1.807) is 23.7 Å². The zero-order chi connectivity index (χ0) is 14.0. The summed E-state index contributed by atoms with van der Waals surface area (Å²) in [4.78, 5) is 13.2. The molecule has 0 saturated heterocycles. The lowest BCUT2D eigenvalue weighted by Gasteiger charge is -2.15. The van der Waals surface area contributed by atoms with Gasteiger partial charge in [-0.15, -0.1) is 11.3 Å². The number of nitrogens with zero attached hydrogens (tertiary/aromatic N) is 3. The Bertz CT molecular complexity index is 557. The van der Waals surface area contributed by atoms with Gasteiger partial charge in [0, 0.05) is 17.0 Å². The van der Waals surface area contributed by atoms with Crippen LogP contribution in [0.1, 0.15) is 50.1 Å². The Morgan fingerprint density at radius 3 is 2.53 bits per heavy atom. The molecule has 0 aliphatic heterocycles. The van der Waals surface area contributed by atoms with E-state index < -0.39 is 0 Å². The Morgan fingerprint density at radius 1 is 1.21 bits per heavy atom. The summed E-state index contributed by atoms with van der Waals surface area (Å²) in [5, 5.41) is 6.55. The predicted octanol–water partition coefficient (Wildman–Crippen LogP) is 3.71. The standard InChI is InChI=1S/C14H20N4S/c1-9-6-15-7-12(16-9)17-10(2)13-18-11(8-19-13)14(3,4)5/h6-8,10H,1-5H3,(H,16,17). The van der Waals surface area contributed by atoms with E-state index in [1.807, 2.05) is 6.92 Å². The summed E-state index contributed by atoms with van der Waals surface area (Å²) in [7, 11) is 0. The smallest absolute Gasteiger partial charge is 0.145 e.